The van der Waals surface area contributed by atoms with Gasteiger partial charge in [0.15, 0.2) is 6.10 Å². The van der Waals surface area contributed by atoms with Crippen molar-refractivity contribution in [1.82, 2.24) is 9.36 Å². The van der Waals surface area contributed by atoms with Crippen LogP contribution in [0.4, 0.5) is 5.69 Å². The van der Waals surface area contributed by atoms with Crippen molar-refractivity contribution in [1.29, 1.82) is 0 Å². The molecule has 162 valence electrons. The Balaban J connectivity index is 1.77. The van der Waals surface area contributed by atoms with E-state index in [1.54, 1.807) is 50.7 Å². The van der Waals surface area contributed by atoms with Gasteiger partial charge in [-0.05, 0) is 51.1 Å². The van der Waals surface area contributed by atoms with Crippen molar-refractivity contribution in [3.8, 4) is 11.4 Å². The lowest BCUT2D eigenvalue weighted by atomic mass is 10.2. The first-order valence-corrected chi connectivity index (χ1v) is 9.92. The van der Waals surface area contributed by atoms with Crippen molar-refractivity contribution in [3.63, 3.8) is 0 Å². The minimum Gasteiger partial charge on any atom is -0.481 e. The molecule has 0 saturated heterocycles. The van der Waals surface area contributed by atoms with E-state index in [0.717, 1.165) is 0 Å². The van der Waals surface area contributed by atoms with Crippen molar-refractivity contribution in [2.75, 3.05) is 11.9 Å². The summed E-state index contributed by atoms with van der Waals surface area (Å²) < 4.78 is 13.8. The molecule has 1 aromatic heterocycles. The number of nitrogens with zero attached hydrogens (tertiary/aromatic N) is 2. The van der Waals surface area contributed by atoms with E-state index in [0.29, 0.717) is 22.7 Å². The average Bonchev–Trinajstić information content (AvgIpc) is 2.97. The highest BCUT2D eigenvalue weighted by molar-refractivity contribution is 5.94. The summed E-state index contributed by atoms with van der Waals surface area (Å²) in [4.78, 5) is 37.5. The molecule has 3 aromatic rings. The Hall–Kier alpha value is -3.81. The summed E-state index contributed by atoms with van der Waals surface area (Å²) in [6, 6.07) is 15.6. The van der Waals surface area contributed by atoms with Crippen molar-refractivity contribution in [3.05, 3.63) is 76.2 Å². The van der Waals surface area contributed by atoms with E-state index >= 15 is 0 Å². The number of carbonyl (C=O) groups is 2. The Morgan fingerprint density at radius 1 is 1.10 bits per heavy atom. The fraction of sp³-hybridized carbons (Fsp3) is 0.261. The number of benzene rings is 2. The highest BCUT2D eigenvalue weighted by Gasteiger charge is 2.22. The van der Waals surface area contributed by atoms with Crippen molar-refractivity contribution in [2.24, 2.45) is 7.05 Å². The van der Waals surface area contributed by atoms with Crippen molar-refractivity contribution < 1.29 is 19.1 Å². The third-order valence-corrected chi connectivity index (χ3v) is 4.83. The number of nitrogens with one attached hydrogen (secondary N) is 1. The molecule has 0 unspecified atom stereocenters. The van der Waals surface area contributed by atoms with E-state index in [9.17, 15) is 14.4 Å². The number of hydrogen-bond donors (Lipinski definition) is 1. The van der Waals surface area contributed by atoms with Crippen LogP contribution in [0.15, 0.2) is 59.4 Å². The van der Waals surface area contributed by atoms with E-state index in [1.807, 2.05) is 30.3 Å². The molecule has 2 aromatic carbocycles. The van der Waals surface area contributed by atoms with Gasteiger partial charge in [0.1, 0.15) is 11.4 Å². The number of aromatic nitrogens is 2. The monoisotopic (exact) mass is 423 g/mol. The Kier molecular flexibility index (Phi) is 6.59. The number of anilines is 1. The summed E-state index contributed by atoms with van der Waals surface area (Å²) in [7, 11) is 1.75. The lowest BCUT2D eigenvalue weighted by Crippen LogP contribution is -2.32. The van der Waals surface area contributed by atoms with Crippen LogP contribution in [-0.2, 0) is 16.6 Å². The molecule has 1 heterocycles. The van der Waals surface area contributed by atoms with E-state index in [4.69, 9.17) is 9.47 Å². The maximum absolute atomic E-state index is 12.9. The van der Waals surface area contributed by atoms with Crippen LogP contribution >= 0.6 is 0 Å². The molecule has 0 spiro atoms. The highest BCUT2D eigenvalue weighted by Crippen LogP contribution is 2.18. The lowest BCUT2D eigenvalue weighted by molar-refractivity contribution is -0.122. The summed E-state index contributed by atoms with van der Waals surface area (Å²) in [5.74, 6) is -0.598. The normalized spacial score (nSPS) is 11.6. The molecule has 1 atom stereocenters. The predicted octanol–water partition coefficient (Wildman–Crippen LogP) is 3.07. The van der Waals surface area contributed by atoms with Gasteiger partial charge in [-0.15, -0.1) is 0 Å². The minimum absolute atomic E-state index is 0.187. The Morgan fingerprint density at radius 2 is 1.81 bits per heavy atom. The molecule has 1 amide bonds. The van der Waals surface area contributed by atoms with Crippen LogP contribution in [0.1, 0.15) is 29.9 Å². The maximum atomic E-state index is 12.9. The fourth-order valence-corrected chi connectivity index (χ4v) is 3.11. The zero-order valence-corrected chi connectivity index (χ0v) is 17.9. The van der Waals surface area contributed by atoms with Crippen molar-refractivity contribution >= 4 is 17.6 Å². The van der Waals surface area contributed by atoms with Gasteiger partial charge in [0, 0.05) is 7.05 Å². The van der Waals surface area contributed by atoms with Gasteiger partial charge in [0.05, 0.1) is 23.6 Å². The molecule has 1 N–H and O–H groups in total. The summed E-state index contributed by atoms with van der Waals surface area (Å²) >= 11 is 0. The highest BCUT2D eigenvalue weighted by atomic mass is 16.5. The summed E-state index contributed by atoms with van der Waals surface area (Å²) in [5, 5.41) is 2.68. The van der Waals surface area contributed by atoms with Gasteiger partial charge in [-0.3, -0.25) is 14.3 Å². The van der Waals surface area contributed by atoms with E-state index < -0.39 is 18.0 Å². The first kappa shape index (κ1) is 21.9. The zero-order chi connectivity index (χ0) is 22.5. The third-order valence-electron chi connectivity index (χ3n) is 4.83. The third kappa shape index (κ3) is 4.69. The summed E-state index contributed by atoms with van der Waals surface area (Å²) in [6.45, 7) is 5.31. The average molecular weight is 423 g/mol. The topological polar surface area (TPSA) is 91.6 Å². The van der Waals surface area contributed by atoms with Crippen LogP contribution in [0, 0.1) is 6.92 Å². The number of carbonyl (C=O) groups excluding carboxylic acids is 2. The minimum atomic E-state index is -0.901. The molecular formula is C23H25N3O5. The Bertz CT molecular complexity index is 1150. The fourth-order valence-electron chi connectivity index (χ4n) is 3.11. The molecule has 8 heteroatoms. The first-order chi connectivity index (χ1) is 14.8. The van der Waals surface area contributed by atoms with Gasteiger partial charge in [-0.1, -0.05) is 24.3 Å². The largest absolute Gasteiger partial charge is 0.481 e. The number of hydrogen-bond acceptors (Lipinski definition) is 5. The van der Waals surface area contributed by atoms with Crippen LogP contribution < -0.4 is 15.6 Å². The number of rotatable bonds is 7. The quantitative estimate of drug-likeness (QED) is 0.590. The second-order valence-corrected chi connectivity index (χ2v) is 6.93. The van der Waals surface area contributed by atoms with Crippen molar-refractivity contribution in [2.45, 2.75) is 26.9 Å². The molecule has 0 aliphatic carbocycles. The van der Waals surface area contributed by atoms with Gasteiger partial charge in [0.2, 0.25) is 0 Å². The number of amides is 1. The van der Waals surface area contributed by atoms with Gasteiger partial charge in [-0.2, -0.15) is 0 Å². The number of ether oxygens (including phenoxy) is 2. The Morgan fingerprint density at radius 3 is 2.48 bits per heavy atom. The van der Waals surface area contributed by atoms with Gasteiger partial charge < -0.3 is 14.8 Å². The Labute approximate surface area is 180 Å². The molecule has 0 bridgehead atoms. The van der Waals surface area contributed by atoms with E-state index in [1.165, 1.54) is 10.7 Å². The first-order valence-electron chi connectivity index (χ1n) is 9.92. The lowest BCUT2D eigenvalue weighted by Gasteiger charge is -2.15. The van der Waals surface area contributed by atoms with Gasteiger partial charge >= 0.3 is 5.97 Å². The zero-order valence-electron chi connectivity index (χ0n) is 17.9. The van der Waals surface area contributed by atoms with Crippen LogP contribution in [-0.4, -0.2) is 34.0 Å². The molecule has 3 rings (SSSR count). The van der Waals surface area contributed by atoms with E-state index in [2.05, 4.69) is 5.32 Å². The second-order valence-electron chi connectivity index (χ2n) is 6.93. The van der Waals surface area contributed by atoms with Gasteiger partial charge in [0.25, 0.3) is 11.5 Å². The molecular weight excluding hydrogens is 398 g/mol. The molecule has 31 heavy (non-hydrogen) atoms. The number of para-hydroxylation sites is 1. The molecule has 0 aliphatic rings. The smallest absolute Gasteiger partial charge is 0.338 e. The molecule has 0 radical (unpaired) electrons. The van der Waals surface area contributed by atoms with Crippen LogP contribution in [0.5, 0.6) is 5.75 Å². The van der Waals surface area contributed by atoms with Crippen LogP contribution in [0.25, 0.3) is 5.69 Å². The molecule has 0 aliphatic heterocycles. The predicted molar refractivity (Wildman–Crippen MR) is 117 cm³/mol. The van der Waals surface area contributed by atoms with Gasteiger partial charge in [-0.25, -0.2) is 9.48 Å². The summed E-state index contributed by atoms with van der Waals surface area (Å²) in [5.41, 5.74) is 1.48. The molecule has 8 nitrogen and oxygen atoms in total. The second kappa shape index (κ2) is 9.34. The maximum Gasteiger partial charge on any atom is 0.338 e. The molecule has 0 saturated carbocycles. The summed E-state index contributed by atoms with van der Waals surface area (Å²) in [6.07, 6.45) is -0.901. The number of esters is 1. The SMILES string of the molecule is CCOC(=O)c1cccc(O[C@@H](C)C(=O)Nc2c(C)n(C)n(-c3ccccc3)c2=O)c1. The van der Waals surface area contributed by atoms with E-state index in [-0.39, 0.29) is 17.9 Å². The van der Waals surface area contributed by atoms with Crippen LogP contribution in [0.3, 0.4) is 0 Å². The van der Waals surface area contributed by atoms with Crippen LogP contribution in [0.2, 0.25) is 0 Å². The molecule has 0 fully saturated rings. The standard InChI is InChI=1S/C23H25N3O5/c1-5-30-23(29)17-10-9-13-19(14-17)31-16(3)21(27)24-20-15(2)25(4)26(22(20)28)18-11-7-6-8-12-18/h6-14,16H,5H2,1-4H3,(H,24,27)/t16-/m0/s1.